The molecule has 1 saturated heterocycles. The average Bonchev–Trinajstić information content (AvgIpc) is 1.59. The van der Waals surface area contributed by atoms with Crippen LogP contribution in [0.3, 0.4) is 0 Å². The van der Waals surface area contributed by atoms with Gasteiger partial charge in [-0.05, 0) is 145 Å². The maximum atomic E-state index is 13.8. The number of aryl methyl sites for hydroxylation is 3. The van der Waals surface area contributed by atoms with Crippen molar-refractivity contribution in [3.63, 3.8) is 0 Å². The van der Waals surface area contributed by atoms with E-state index < -0.39 is 41.9 Å². The molecule has 0 amide bonds. The Kier molecular flexibility index (Phi) is 21.0. The van der Waals surface area contributed by atoms with Gasteiger partial charge in [-0.25, -0.2) is 42.5 Å². The van der Waals surface area contributed by atoms with Gasteiger partial charge >= 0.3 is 25.0 Å². The van der Waals surface area contributed by atoms with Crippen molar-refractivity contribution in [3.8, 4) is 22.8 Å². The van der Waals surface area contributed by atoms with Gasteiger partial charge in [0.2, 0.25) is 0 Å². The van der Waals surface area contributed by atoms with Gasteiger partial charge in [-0.1, -0.05) is 127 Å². The summed E-state index contributed by atoms with van der Waals surface area (Å²) < 4.78 is 68.4. The van der Waals surface area contributed by atoms with Gasteiger partial charge in [0, 0.05) is 35.2 Å². The van der Waals surface area contributed by atoms with E-state index in [0.29, 0.717) is 87.7 Å². The lowest BCUT2D eigenvalue weighted by atomic mass is 9.80. The summed E-state index contributed by atoms with van der Waals surface area (Å²) in [6, 6.07) is 46.3. The lowest BCUT2D eigenvalue weighted by Crippen LogP contribution is -2.41. The number of halogens is 4. The summed E-state index contributed by atoms with van der Waals surface area (Å²) in [5, 5.41) is 16.3. The van der Waals surface area contributed by atoms with E-state index in [1.54, 1.807) is 49.2 Å². The molecule has 7 heterocycles. The Morgan fingerprint density at radius 2 is 0.853 bits per heavy atom. The van der Waals surface area contributed by atoms with Crippen LogP contribution in [0.5, 0.6) is 0 Å². The van der Waals surface area contributed by atoms with Crippen LogP contribution in [-0.4, -0.2) is 98.2 Å². The van der Waals surface area contributed by atoms with Crippen molar-refractivity contribution in [1.82, 2.24) is 43.6 Å². The van der Waals surface area contributed by atoms with Crippen molar-refractivity contribution < 1.29 is 51.4 Å². The van der Waals surface area contributed by atoms with Crippen LogP contribution in [0.4, 0.5) is 13.2 Å². The Morgan fingerprint density at radius 3 is 1.26 bits per heavy atom. The Morgan fingerprint density at radius 1 is 0.495 bits per heavy atom. The molecular weight excluding hydrogens is 1280 g/mol. The molecule has 484 valence electrons. The second-order valence-corrected chi connectivity index (χ2v) is 24.0. The predicted molar refractivity (Wildman–Crippen MR) is 363 cm³/mol. The first-order valence-electron chi connectivity index (χ1n) is 30.6. The summed E-state index contributed by atoms with van der Waals surface area (Å²) in [6.45, 7) is 18.4. The number of benzene rings is 6. The highest BCUT2D eigenvalue weighted by atomic mass is 79.9. The minimum absolute atomic E-state index is 0.0854. The number of rotatable bonds is 14. The third-order valence-electron chi connectivity index (χ3n) is 16.3. The number of carboxylic acids is 1. The number of aromatic nitrogens is 9. The lowest BCUT2D eigenvalue weighted by Gasteiger charge is -2.32. The number of esters is 2. The second kappa shape index (κ2) is 29.4. The third kappa shape index (κ3) is 15.3. The van der Waals surface area contributed by atoms with E-state index in [-0.39, 0.29) is 24.1 Å². The number of pyridine rings is 3. The van der Waals surface area contributed by atoms with Gasteiger partial charge in [0.15, 0.2) is 21.8 Å². The highest BCUT2D eigenvalue weighted by molar-refractivity contribution is 9.10. The number of hydrogen-bond donors (Lipinski definition) is 1. The molecule has 13 rings (SSSR count). The van der Waals surface area contributed by atoms with Crippen LogP contribution in [-0.2, 0) is 38.4 Å². The van der Waals surface area contributed by atoms with E-state index in [0.717, 1.165) is 56.8 Å². The second-order valence-electron chi connectivity index (χ2n) is 23.3. The fourth-order valence-electron chi connectivity index (χ4n) is 11.2. The molecule has 0 unspecified atom stereocenters. The monoisotopic (exact) mass is 1350 g/mol. The van der Waals surface area contributed by atoms with Gasteiger partial charge < -0.3 is 37.6 Å². The lowest BCUT2D eigenvalue weighted by molar-refractivity contribution is 0.00578. The summed E-state index contributed by atoms with van der Waals surface area (Å²) >= 11 is 3.45. The van der Waals surface area contributed by atoms with Crippen LogP contribution >= 0.6 is 15.9 Å². The van der Waals surface area contributed by atoms with E-state index in [2.05, 4.69) is 70.1 Å². The van der Waals surface area contributed by atoms with Gasteiger partial charge in [0.05, 0.1) is 79.7 Å². The van der Waals surface area contributed by atoms with Crippen molar-refractivity contribution >= 4 is 78.7 Å². The summed E-state index contributed by atoms with van der Waals surface area (Å²) in [5.74, 6) is -2.35. The Bertz CT molecular complexity index is 4770. The van der Waals surface area contributed by atoms with Crippen molar-refractivity contribution in [1.29, 1.82) is 0 Å². The first kappa shape index (κ1) is 67.7. The average molecular weight is 1350 g/mol. The molecule has 0 bridgehead atoms. The zero-order chi connectivity index (χ0) is 67.7. The summed E-state index contributed by atoms with van der Waals surface area (Å²) in [5.41, 5.74) is 6.34. The number of fused-ring (bicyclic) bond motifs is 3. The number of hydrogen-bond acceptors (Lipinski definition) is 13. The van der Waals surface area contributed by atoms with Gasteiger partial charge in [-0.2, -0.15) is 0 Å². The van der Waals surface area contributed by atoms with E-state index >= 15 is 0 Å². The zero-order valence-electron chi connectivity index (χ0n) is 53.8. The topological polar surface area (TPSA) is 200 Å². The van der Waals surface area contributed by atoms with E-state index in [1.165, 1.54) is 35.2 Å². The Labute approximate surface area is 555 Å². The smallest absolute Gasteiger partial charge is 0.477 e. The van der Waals surface area contributed by atoms with Crippen LogP contribution < -0.4 is 5.46 Å². The quantitative estimate of drug-likeness (QED) is 0.0796. The molecule has 6 aromatic heterocycles. The number of nitrogens with zero attached hydrogens (tertiary/aromatic N) is 9. The van der Waals surface area contributed by atoms with Crippen LogP contribution in [0.2, 0.25) is 0 Å². The number of aromatic carboxylic acids is 1. The SMILES string of the molecule is CC1(C)OB(c2cncc(F)c2)OC1(C)C.CCOC(=O)c1c(C)nc(-c2cncc(F)c2)n1Cc1cccc2ccccc12.CCOC(=O)c1c(C)nc(Br)n1Cc1cccc2ccccc12.Cc1nc(-c2cncc(F)c2)n(Cc2cccc3ccccc23)c1C(=O)O. The molecule has 22 heteroatoms. The summed E-state index contributed by atoms with van der Waals surface area (Å²) in [7, 11) is -0.548. The molecule has 17 nitrogen and oxygen atoms in total. The highest BCUT2D eigenvalue weighted by Gasteiger charge is 2.52. The predicted octanol–water partition coefficient (Wildman–Crippen LogP) is 14.9. The molecule has 0 spiro atoms. The molecule has 1 aliphatic heterocycles. The molecule has 12 aromatic rings. The van der Waals surface area contributed by atoms with E-state index in [9.17, 15) is 32.7 Å². The van der Waals surface area contributed by atoms with Gasteiger partial charge in [-0.3, -0.25) is 15.0 Å². The van der Waals surface area contributed by atoms with E-state index in [4.69, 9.17) is 18.8 Å². The van der Waals surface area contributed by atoms with Crippen LogP contribution in [0.25, 0.3) is 55.1 Å². The van der Waals surface area contributed by atoms with Crippen molar-refractivity contribution in [2.75, 3.05) is 13.2 Å². The molecule has 0 atom stereocenters. The van der Waals surface area contributed by atoms with Crippen molar-refractivity contribution in [2.24, 2.45) is 0 Å². The van der Waals surface area contributed by atoms with Gasteiger partial charge in [0.1, 0.15) is 29.1 Å². The standard InChI is InChI=1S/C23H20FN3O2.C21H16FN3O2.C18H17BrN2O2.C11H15BFNO2/c1-3-29-23(28)21-15(2)26-22(18-11-19(24)13-25-12-18)27(21)14-17-9-6-8-16-7-4-5-10-20(16)17;1-13-19(21(26)27)25(20(24-13)16-9-17(22)11-23-10-16)12-15-7-4-6-14-5-2-3-8-18(14)15;1-3-23-17(22)16-12(2)20-18(19)21(16)11-14-9-6-8-13-7-4-5-10-15(13)14;1-10(2)11(3,4)16-12(15-10)8-5-9(13)7-14-6-8/h4-13H,3,14H2,1-2H3;2-11H,12H2,1H3,(H,26,27);4-10H,3,11H2,1-2H3;5-7H,1-4H3. The minimum Gasteiger partial charge on any atom is -0.477 e. The first-order valence-corrected chi connectivity index (χ1v) is 31.4. The number of carbonyl (C=O) groups excluding carboxylic acids is 2. The number of ether oxygens (including phenoxy) is 2. The molecule has 95 heavy (non-hydrogen) atoms. The molecule has 1 fully saturated rings. The zero-order valence-corrected chi connectivity index (χ0v) is 55.4. The van der Waals surface area contributed by atoms with E-state index in [1.807, 2.05) is 142 Å². The van der Waals surface area contributed by atoms with Crippen molar-refractivity contribution in [3.05, 3.63) is 256 Å². The summed E-state index contributed by atoms with van der Waals surface area (Å²) in [6.07, 6.45) is 7.99. The first-order chi connectivity index (χ1) is 45.6. The molecule has 0 aliphatic carbocycles. The third-order valence-corrected chi connectivity index (χ3v) is 16.9. The number of carbonyl (C=O) groups is 3. The normalized spacial score (nSPS) is 12.9. The fraction of sp³-hybridized carbons (Fsp3) is 0.219. The maximum Gasteiger partial charge on any atom is 0.496 e. The highest BCUT2D eigenvalue weighted by Crippen LogP contribution is 2.37. The van der Waals surface area contributed by atoms with Crippen LogP contribution in [0, 0.1) is 38.2 Å². The van der Waals surface area contributed by atoms with Crippen molar-refractivity contribution in [2.45, 2.75) is 93.2 Å². The summed E-state index contributed by atoms with van der Waals surface area (Å²) in [4.78, 5) is 61.7. The Hall–Kier alpha value is -10.2. The number of imidazole rings is 3. The molecule has 0 radical (unpaired) electrons. The van der Waals surface area contributed by atoms with Crippen LogP contribution in [0.15, 0.2) is 188 Å². The molecule has 0 saturated carbocycles. The molecule has 1 N–H and O–H groups in total. The minimum atomic E-state index is -1.07. The molecule has 1 aliphatic rings. The Balaban J connectivity index is 0.000000141. The van der Waals surface area contributed by atoms with Gasteiger partial charge in [0.25, 0.3) is 0 Å². The fourth-order valence-corrected chi connectivity index (χ4v) is 11.7. The van der Waals surface area contributed by atoms with Crippen LogP contribution in [0.1, 0.15) is 107 Å². The number of carboxylic acid groups (broad SMARTS) is 1. The van der Waals surface area contributed by atoms with Gasteiger partial charge in [-0.15, -0.1) is 0 Å². The maximum absolute atomic E-state index is 13.8. The largest absolute Gasteiger partial charge is 0.496 e. The molecule has 6 aromatic carbocycles. The molecular formula is C73H68BBrF3N9O8.